The van der Waals surface area contributed by atoms with Crippen LogP contribution in [0.25, 0.3) is 0 Å². The first kappa shape index (κ1) is 15.2. The van der Waals surface area contributed by atoms with Crippen molar-refractivity contribution in [1.82, 2.24) is 5.43 Å². The van der Waals surface area contributed by atoms with Gasteiger partial charge in [-0.05, 0) is 37.0 Å². The first-order valence-corrected chi connectivity index (χ1v) is 7.70. The SMILES string of the molecule is COC1(C(NN)C2CC(C)CC(C)C2)CCOCC1. The van der Waals surface area contributed by atoms with E-state index in [4.69, 9.17) is 15.3 Å². The normalized spacial score (nSPS) is 36.9. The van der Waals surface area contributed by atoms with Crippen LogP contribution in [-0.2, 0) is 9.47 Å². The van der Waals surface area contributed by atoms with Crippen molar-refractivity contribution in [2.75, 3.05) is 20.3 Å². The van der Waals surface area contributed by atoms with Crippen LogP contribution in [0.2, 0.25) is 0 Å². The highest BCUT2D eigenvalue weighted by Crippen LogP contribution is 2.40. The van der Waals surface area contributed by atoms with Crippen LogP contribution < -0.4 is 11.3 Å². The molecule has 2 rings (SSSR count). The Morgan fingerprint density at radius 3 is 2.21 bits per heavy atom. The van der Waals surface area contributed by atoms with Crippen LogP contribution in [0.5, 0.6) is 0 Å². The lowest BCUT2D eigenvalue weighted by Gasteiger charge is -2.47. The summed E-state index contributed by atoms with van der Waals surface area (Å²) in [4.78, 5) is 0. The lowest BCUT2D eigenvalue weighted by molar-refractivity contribution is -0.125. The van der Waals surface area contributed by atoms with Gasteiger partial charge in [0.25, 0.3) is 0 Å². The van der Waals surface area contributed by atoms with Crippen molar-refractivity contribution in [3.63, 3.8) is 0 Å². The van der Waals surface area contributed by atoms with Crippen LogP contribution in [0.4, 0.5) is 0 Å². The van der Waals surface area contributed by atoms with Crippen molar-refractivity contribution in [1.29, 1.82) is 0 Å². The van der Waals surface area contributed by atoms with E-state index in [9.17, 15) is 0 Å². The van der Waals surface area contributed by atoms with Gasteiger partial charge in [0.05, 0.1) is 11.6 Å². The standard InChI is InChI=1S/C15H30N2O2/c1-11-8-12(2)10-13(9-11)14(17-16)15(18-3)4-6-19-7-5-15/h11-14,17H,4-10,16H2,1-3H3. The van der Waals surface area contributed by atoms with E-state index < -0.39 is 0 Å². The number of hydrogen-bond acceptors (Lipinski definition) is 4. The van der Waals surface area contributed by atoms with Crippen LogP contribution in [-0.4, -0.2) is 32.0 Å². The molecule has 1 aliphatic heterocycles. The molecule has 4 nitrogen and oxygen atoms in total. The van der Waals surface area contributed by atoms with Gasteiger partial charge < -0.3 is 9.47 Å². The third kappa shape index (κ3) is 3.30. The minimum absolute atomic E-state index is 0.144. The van der Waals surface area contributed by atoms with Gasteiger partial charge in [0, 0.05) is 33.2 Å². The summed E-state index contributed by atoms with van der Waals surface area (Å²) in [5.41, 5.74) is 2.95. The van der Waals surface area contributed by atoms with Crippen molar-refractivity contribution in [3.8, 4) is 0 Å². The maximum absolute atomic E-state index is 5.93. The first-order valence-electron chi connectivity index (χ1n) is 7.70. The molecule has 0 bridgehead atoms. The van der Waals surface area contributed by atoms with E-state index in [1.54, 1.807) is 0 Å². The van der Waals surface area contributed by atoms with Gasteiger partial charge in [-0.15, -0.1) is 0 Å². The molecule has 0 radical (unpaired) electrons. The Morgan fingerprint density at radius 1 is 1.16 bits per heavy atom. The molecular formula is C15H30N2O2. The van der Waals surface area contributed by atoms with E-state index in [1.165, 1.54) is 19.3 Å². The average molecular weight is 270 g/mol. The quantitative estimate of drug-likeness (QED) is 0.606. The molecule has 19 heavy (non-hydrogen) atoms. The van der Waals surface area contributed by atoms with Gasteiger partial charge in [-0.1, -0.05) is 13.8 Å². The Bertz CT molecular complexity index is 269. The molecule has 1 aliphatic carbocycles. The fourth-order valence-electron chi connectivity index (χ4n) is 4.36. The Labute approximate surface area is 117 Å². The highest BCUT2D eigenvalue weighted by atomic mass is 16.5. The maximum atomic E-state index is 5.93. The summed E-state index contributed by atoms with van der Waals surface area (Å²) in [6.07, 6.45) is 5.74. The predicted octanol–water partition coefficient (Wildman–Crippen LogP) is 2.09. The van der Waals surface area contributed by atoms with Crippen molar-refractivity contribution in [2.45, 2.75) is 57.6 Å². The van der Waals surface area contributed by atoms with Crippen LogP contribution in [0.3, 0.4) is 0 Å². The second-order valence-electron chi connectivity index (χ2n) is 6.70. The van der Waals surface area contributed by atoms with E-state index in [0.717, 1.165) is 37.9 Å². The Hall–Kier alpha value is -0.160. The molecule has 2 aliphatic rings. The van der Waals surface area contributed by atoms with Gasteiger partial charge >= 0.3 is 0 Å². The summed E-state index contributed by atoms with van der Waals surface area (Å²) in [5, 5.41) is 0. The average Bonchev–Trinajstić information content (AvgIpc) is 2.39. The number of nitrogens with one attached hydrogen (secondary N) is 1. The van der Waals surface area contributed by atoms with Gasteiger partial charge in [-0.3, -0.25) is 11.3 Å². The summed E-state index contributed by atoms with van der Waals surface area (Å²) in [5.74, 6) is 8.11. The summed E-state index contributed by atoms with van der Waals surface area (Å²) in [7, 11) is 1.82. The Morgan fingerprint density at radius 2 is 1.74 bits per heavy atom. The zero-order valence-electron chi connectivity index (χ0n) is 12.7. The molecular weight excluding hydrogens is 240 g/mol. The minimum atomic E-state index is -0.144. The lowest BCUT2D eigenvalue weighted by Crippen LogP contribution is -2.61. The van der Waals surface area contributed by atoms with Gasteiger partial charge in [-0.25, -0.2) is 0 Å². The van der Waals surface area contributed by atoms with Gasteiger partial charge in [0.15, 0.2) is 0 Å². The molecule has 0 amide bonds. The summed E-state index contributed by atoms with van der Waals surface area (Å²) in [6.45, 7) is 6.28. The molecule has 0 spiro atoms. The Balaban J connectivity index is 2.12. The molecule has 4 heteroatoms. The lowest BCUT2D eigenvalue weighted by atomic mass is 9.68. The molecule has 3 unspecified atom stereocenters. The first-order chi connectivity index (χ1) is 9.11. The number of methoxy groups -OCH3 is 1. The zero-order chi connectivity index (χ0) is 13.9. The number of nitrogens with two attached hydrogens (primary N) is 1. The van der Waals surface area contributed by atoms with E-state index in [2.05, 4.69) is 19.3 Å². The monoisotopic (exact) mass is 270 g/mol. The van der Waals surface area contributed by atoms with Crippen molar-refractivity contribution in [3.05, 3.63) is 0 Å². The van der Waals surface area contributed by atoms with Gasteiger partial charge in [0.2, 0.25) is 0 Å². The van der Waals surface area contributed by atoms with Crippen molar-refractivity contribution < 1.29 is 9.47 Å². The molecule has 0 aromatic rings. The molecule has 1 saturated heterocycles. The number of hydrazine groups is 1. The summed E-state index contributed by atoms with van der Waals surface area (Å²) < 4.78 is 11.4. The van der Waals surface area contributed by atoms with E-state index in [0.29, 0.717) is 5.92 Å². The summed E-state index contributed by atoms with van der Waals surface area (Å²) in [6, 6.07) is 0.242. The van der Waals surface area contributed by atoms with Crippen LogP contribution in [0.15, 0.2) is 0 Å². The van der Waals surface area contributed by atoms with Gasteiger partial charge in [0.1, 0.15) is 0 Å². The molecule has 112 valence electrons. The third-order valence-electron chi connectivity index (χ3n) is 5.18. The Kier molecular flexibility index (Phi) is 5.23. The summed E-state index contributed by atoms with van der Waals surface area (Å²) >= 11 is 0. The second-order valence-corrected chi connectivity index (χ2v) is 6.70. The zero-order valence-corrected chi connectivity index (χ0v) is 12.7. The fourth-order valence-corrected chi connectivity index (χ4v) is 4.36. The predicted molar refractivity (Wildman–Crippen MR) is 76.6 cm³/mol. The molecule has 3 atom stereocenters. The number of rotatable bonds is 4. The van der Waals surface area contributed by atoms with E-state index >= 15 is 0 Å². The molecule has 0 aromatic heterocycles. The fraction of sp³-hybridized carbons (Fsp3) is 1.00. The van der Waals surface area contributed by atoms with Crippen molar-refractivity contribution >= 4 is 0 Å². The molecule has 1 saturated carbocycles. The highest BCUT2D eigenvalue weighted by molar-refractivity contribution is 4.99. The van der Waals surface area contributed by atoms with Crippen LogP contribution >= 0.6 is 0 Å². The molecule has 2 fully saturated rings. The topological polar surface area (TPSA) is 56.5 Å². The highest BCUT2D eigenvalue weighted by Gasteiger charge is 2.45. The molecule has 3 N–H and O–H groups in total. The smallest absolute Gasteiger partial charge is 0.0890 e. The second kappa shape index (κ2) is 6.53. The van der Waals surface area contributed by atoms with E-state index in [-0.39, 0.29) is 11.6 Å². The number of hydrogen-bond donors (Lipinski definition) is 2. The molecule has 0 aromatic carbocycles. The number of ether oxygens (including phenoxy) is 2. The van der Waals surface area contributed by atoms with Gasteiger partial charge in [-0.2, -0.15) is 0 Å². The minimum Gasteiger partial charge on any atom is -0.381 e. The third-order valence-corrected chi connectivity index (χ3v) is 5.18. The van der Waals surface area contributed by atoms with E-state index in [1.807, 2.05) is 7.11 Å². The maximum Gasteiger partial charge on any atom is 0.0890 e. The molecule has 1 heterocycles. The van der Waals surface area contributed by atoms with Crippen molar-refractivity contribution in [2.24, 2.45) is 23.6 Å². The van der Waals surface area contributed by atoms with Crippen LogP contribution in [0.1, 0.15) is 46.0 Å². The van der Waals surface area contributed by atoms with Crippen LogP contribution in [0, 0.1) is 17.8 Å². The largest absolute Gasteiger partial charge is 0.381 e.